The van der Waals surface area contributed by atoms with Crippen molar-refractivity contribution in [2.75, 3.05) is 51.2 Å². The van der Waals surface area contributed by atoms with Crippen molar-refractivity contribution in [3.05, 3.63) is 22.8 Å². The molecule has 2 rings (SSSR count). The van der Waals surface area contributed by atoms with Crippen LogP contribution in [0.25, 0.3) is 0 Å². The van der Waals surface area contributed by atoms with Gasteiger partial charge in [0.05, 0.1) is 10.6 Å². The van der Waals surface area contributed by atoms with Crippen LogP contribution in [0.4, 0.5) is 19.0 Å². The van der Waals surface area contributed by atoms with E-state index in [2.05, 4.69) is 39.4 Å². The van der Waals surface area contributed by atoms with Crippen molar-refractivity contribution in [2.24, 2.45) is 4.99 Å². The van der Waals surface area contributed by atoms with E-state index in [1.54, 1.807) is 7.05 Å². The van der Waals surface area contributed by atoms with Gasteiger partial charge in [-0.15, -0.1) is 0 Å². The lowest BCUT2D eigenvalue weighted by molar-refractivity contribution is -0.137. The lowest BCUT2D eigenvalue weighted by atomic mass is 10.2. The number of anilines is 1. The summed E-state index contributed by atoms with van der Waals surface area (Å²) in [5, 5.41) is 6.67. The molecule has 28 heavy (non-hydrogen) atoms. The molecule has 1 aromatic rings. The molecule has 1 aromatic heterocycles. The highest BCUT2D eigenvalue weighted by molar-refractivity contribution is 6.33. The molecule has 1 saturated heterocycles. The van der Waals surface area contributed by atoms with E-state index in [1.807, 2.05) is 4.90 Å². The topological polar surface area (TPSA) is 55.8 Å². The zero-order chi connectivity index (χ0) is 20.7. The maximum absolute atomic E-state index is 12.8. The molecule has 6 nitrogen and oxygen atoms in total. The minimum atomic E-state index is -4.45. The fraction of sp³-hybridized carbons (Fsp3) is 0.667. The first-order chi connectivity index (χ1) is 13.3. The fourth-order valence-electron chi connectivity index (χ4n) is 3.15. The third-order valence-corrected chi connectivity index (χ3v) is 5.09. The molecule has 10 heteroatoms. The van der Waals surface area contributed by atoms with E-state index in [1.165, 1.54) is 0 Å². The summed E-state index contributed by atoms with van der Waals surface area (Å²) in [6, 6.07) is 1.04. The first-order valence-corrected chi connectivity index (χ1v) is 9.83. The van der Waals surface area contributed by atoms with Crippen LogP contribution < -0.4 is 15.5 Å². The lowest BCUT2D eigenvalue weighted by Gasteiger charge is -2.22. The van der Waals surface area contributed by atoms with E-state index < -0.39 is 11.7 Å². The number of nitrogens with one attached hydrogen (secondary N) is 2. The van der Waals surface area contributed by atoms with Crippen LogP contribution in [-0.4, -0.2) is 68.2 Å². The number of alkyl halides is 3. The number of likely N-dealkylation sites (N-methyl/N-ethyl adjacent to an activating group) is 1. The van der Waals surface area contributed by atoms with Gasteiger partial charge in [-0.25, -0.2) is 4.98 Å². The molecule has 2 heterocycles. The summed E-state index contributed by atoms with van der Waals surface area (Å²) in [5.74, 6) is 1.09. The molecule has 2 N–H and O–H groups in total. The van der Waals surface area contributed by atoms with E-state index in [0.29, 0.717) is 24.9 Å². The Labute approximate surface area is 169 Å². The van der Waals surface area contributed by atoms with Crippen LogP contribution in [0.3, 0.4) is 0 Å². The molecule has 0 aromatic carbocycles. The number of aromatic nitrogens is 1. The molecular formula is C18H28ClF3N6. The first-order valence-electron chi connectivity index (χ1n) is 9.45. The van der Waals surface area contributed by atoms with Gasteiger partial charge in [0, 0.05) is 45.5 Å². The molecule has 158 valence electrons. The predicted molar refractivity (Wildman–Crippen MR) is 107 cm³/mol. The highest BCUT2D eigenvalue weighted by Crippen LogP contribution is 2.34. The second-order valence-corrected chi connectivity index (χ2v) is 7.04. The van der Waals surface area contributed by atoms with Crippen LogP contribution >= 0.6 is 11.6 Å². The molecule has 0 saturated carbocycles. The van der Waals surface area contributed by atoms with Crippen LogP contribution in [0.15, 0.2) is 17.3 Å². The Kier molecular flexibility index (Phi) is 8.18. The Hall–Kier alpha value is -1.74. The number of hydrogen-bond acceptors (Lipinski definition) is 4. The third kappa shape index (κ3) is 6.13. The van der Waals surface area contributed by atoms with Crippen molar-refractivity contribution in [3.8, 4) is 0 Å². The largest absolute Gasteiger partial charge is 0.417 e. The summed E-state index contributed by atoms with van der Waals surface area (Å²) < 4.78 is 38.3. The Bertz CT molecular complexity index is 663. The molecule has 0 aliphatic carbocycles. The van der Waals surface area contributed by atoms with Crippen LogP contribution in [0.5, 0.6) is 0 Å². The number of aliphatic imine (C=N–C) groups is 1. The van der Waals surface area contributed by atoms with Crippen molar-refractivity contribution >= 4 is 23.4 Å². The Morgan fingerprint density at radius 3 is 2.68 bits per heavy atom. The van der Waals surface area contributed by atoms with Gasteiger partial charge in [0.25, 0.3) is 0 Å². The molecule has 1 fully saturated rings. The van der Waals surface area contributed by atoms with Gasteiger partial charge in [-0.3, -0.25) is 4.99 Å². The summed E-state index contributed by atoms with van der Waals surface area (Å²) in [7, 11) is 1.72. The summed E-state index contributed by atoms with van der Waals surface area (Å²) in [5.41, 5.74) is -0.840. The second-order valence-electron chi connectivity index (χ2n) is 6.63. The molecule has 0 radical (unpaired) electrons. The van der Waals surface area contributed by atoms with E-state index in [0.717, 1.165) is 44.9 Å². The highest BCUT2D eigenvalue weighted by Gasteiger charge is 2.33. The quantitative estimate of drug-likeness (QED) is 0.524. The standard InChI is InChI=1S/C18H28ClF3N6/c1-4-27(5-2)9-7-24-17(23-3)26-14-6-8-28(12-14)16-15(19)10-13(11-25-16)18(20,21)22/h10-11,14H,4-9,12H2,1-3H3,(H2,23,24,26). The molecule has 1 atom stereocenters. The van der Waals surface area contributed by atoms with Crippen molar-refractivity contribution < 1.29 is 13.2 Å². The summed E-state index contributed by atoms with van der Waals surface area (Å²) >= 11 is 6.06. The SMILES string of the molecule is CCN(CC)CCNC(=NC)NC1CCN(c2ncc(C(F)(F)F)cc2Cl)C1. The van der Waals surface area contributed by atoms with E-state index in [9.17, 15) is 13.2 Å². The molecule has 0 amide bonds. The van der Waals surface area contributed by atoms with Gasteiger partial charge in [-0.2, -0.15) is 13.2 Å². The highest BCUT2D eigenvalue weighted by atomic mass is 35.5. The van der Waals surface area contributed by atoms with Gasteiger partial charge >= 0.3 is 6.18 Å². The smallest absolute Gasteiger partial charge is 0.355 e. The van der Waals surface area contributed by atoms with E-state index in [-0.39, 0.29) is 11.1 Å². The number of halogens is 4. The summed E-state index contributed by atoms with van der Waals surface area (Å²) in [6.45, 7) is 9.22. The number of hydrogen-bond donors (Lipinski definition) is 2. The number of guanidine groups is 1. The Balaban J connectivity index is 1.89. The summed E-state index contributed by atoms with van der Waals surface area (Å²) in [4.78, 5) is 12.4. The molecule has 1 aliphatic rings. The van der Waals surface area contributed by atoms with Crippen LogP contribution in [0.1, 0.15) is 25.8 Å². The zero-order valence-corrected chi connectivity index (χ0v) is 17.2. The van der Waals surface area contributed by atoms with Gasteiger partial charge in [0.1, 0.15) is 5.82 Å². The van der Waals surface area contributed by atoms with Gasteiger partial charge in [0.15, 0.2) is 5.96 Å². The summed E-state index contributed by atoms with van der Waals surface area (Å²) in [6.07, 6.45) is -2.81. The van der Waals surface area contributed by atoms with Gasteiger partial charge in [0.2, 0.25) is 0 Å². The Morgan fingerprint density at radius 2 is 2.11 bits per heavy atom. The molecule has 0 bridgehead atoms. The van der Waals surface area contributed by atoms with Gasteiger partial charge in [-0.1, -0.05) is 25.4 Å². The van der Waals surface area contributed by atoms with Crippen molar-refractivity contribution in [3.63, 3.8) is 0 Å². The van der Waals surface area contributed by atoms with Gasteiger partial charge in [-0.05, 0) is 25.6 Å². The van der Waals surface area contributed by atoms with Gasteiger partial charge < -0.3 is 20.4 Å². The second kappa shape index (κ2) is 10.2. The normalized spacial score (nSPS) is 18.1. The minimum Gasteiger partial charge on any atom is -0.355 e. The third-order valence-electron chi connectivity index (χ3n) is 4.82. The maximum Gasteiger partial charge on any atom is 0.417 e. The monoisotopic (exact) mass is 420 g/mol. The average molecular weight is 421 g/mol. The Morgan fingerprint density at radius 1 is 1.39 bits per heavy atom. The molecule has 0 spiro atoms. The van der Waals surface area contributed by atoms with Crippen LogP contribution in [-0.2, 0) is 6.18 Å². The van der Waals surface area contributed by atoms with Crippen LogP contribution in [0, 0.1) is 0 Å². The fourth-order valence-corrected chi connectivity index (χ4v) is 3.43. The molecular weight excluding hydrogens is 393 g/mol. The zero-order valence-electron chi connectivity index (χ0n) is 16.5. The molecule has 1 unspecified atom stereocenters. The average Bonchev–Trinajstić information content (AvgIpc) is 3.11. The predicted octanol–water partition coefficient (Wildman–Crippen LogP) is 2.84. The number of nitrogens with zero attached hydrogens (tertiary/aromatic N) is 4. The van der Waals surface area contributed by atoms with Crippen molar-refractivity contribution in [2.45, 2.75) is 32.5 Å². The maximum atomic E-state index is 12.8. The number of rotatable bonds is 7. The van der Waals surface area contributed by atoms with Crippen molar-refractivity contribution in [1.29, 1.82) is 0 Å². The first kappa shape index (κ1) is 22.5. The molecule has 1 aliphatic heterocycles. The van der Waals surface area contributed by atoms with E-state index >= 15 is 0 Å². The van der Waals surface area contributed by atoms with Crippen molar-refractivity contribution in [1.82, 2.24) is 20.5 Å². The van der Waals surface area contributed by atoms with Crippen LogP contribution in [0.2, 0.25) is 5.02 Å². The van der Waals surface area contributed by atoms with E-state index in [4.69, 9.17) is 11.6 Å². The number of pyridine rings is 1. The lowest BCUT2D eigenvalue weighted by Crippen LogP contribution is -2.46. The minimum absolute atomic E-state index is 0.0113.